The minimum atomic E-state index is -4.10. The van der Waals surface area contributed by atoms with Crippen LogP contribution in [0.5, 0.6) is 11.8 Å². The van der Waals surface area contributed by atoms with E-state index in [9.17, 15) is 13.2 Å². The van der Waals surface area contributed by atoms with E-state index in [0.29, 0.717) is 0 Å². The van der Waals surface area contributed by atoms with E-state index in [2.05, 4.69) is 40.8 Å². The summed E-state index contributed by atoms with van der Waals surface area (Å²) in [6.07, 6.45) is 0. The first-order chi connectivity index (χ1) is 14.2. The van der Waals surface area contributed by atoms with Crippen LogP contribution in [0, 0.1) is 0 Å². The largest absolute Gasteiger partial charge is 0.481 e. The van der Waals surface area contributed by atoms with E-state index in [0.717, 1.165) is 23.3 Å². The summed E-state index contributed by atoms with van der Waals surface area (Å²) in [6.45, 7) is 6.28. The third-order valence-corrected chi connectivity index (χ3v) is 12.5. The number of benzene rings is 1. The SMILES string of the molecule is CC[Si](CC)(CC)c1ccccc1S(=O)(=O)NC(=O)Nc1nc(OC)cc(OC)n1. The number of nitrogens with zero attached hydrogens (tertiary/aromatic N) is 2. The standard InChI is InChI=1S/C19H28N4O5SSi/c1-6-30(7-2,8-3)15-12-10-9-11-14(15)29(25,26)23-19(24)22-18-20-16(27-4)13-17(21-18)28-5/h9-13H,6-8H2,1-5H3,(H2,20,21,22,23,24). The molecule has 0 saturated heterocycles. The van der Waals surface area contributed by atoms with Crippen LogP contribution in [0.15, 0.2) is 35.2 Å². The molecular weight excluding hydrogens is 424 g/mol. The number of hydrogen-bond acceptors (Lipinski definition) is 7. The number of rotatable bonds is 9. The Kier molecular flexibility index (Phi) is 7.79. The Morgan fingerprint density at radius 3 is 2.03 bits per heavy atom. The number of sulfonamides is 1. The van der Waals surface area contributed by atoms with E-state index < -0.39 is 24.1 Å². The van der Waals surface area contributed by atoms with Crippen molar-refractivity contribution in [1.29, 1.82) is 0 Å². The van der Waals surface area contributed by atoms with Gasteiger partial charge in [-0.25, -0.2) is 17.9 Å². The summed E-state index contributed by atoms with van der Waals surface area (Å²) in [4.78, 5) is 20.5. The fourth-order valence-electron chi connectivity index (χ4n) is 3.43. The van der Waals surface area contributed by atoms with E-state index in [4.69, 9.17) is 9.47 Å². The van der Waals surface area contributed by atoms with Gasteiger partial charge in [0.05, 0.1) is 33.3 Å². The zero-order valence-electron chi connectivity index (χ0n) is 17.9. The van der Waals surface area contributed by atoms with Crippen molar-refractivity contribution in [3.8, 4) is 11.8 Å². The number of urea groups is 1. The predicted octanol–water partition coefficient (Wildman–Crippen LogP) is 2.72. The van der Waals surface area contributed by atoms with Crippen LogP contribution in [-0.2, 0) is 10.0 Å². The first kappa shape index (κ1) is 23.6. The van der Waals surface area contributed by atoms with Gasteiger partial charge in [0.25, 0.3) is 10.0 Å². The molecule has 2 N–H and O–H groups in total. The van der Waals surface area contributed by atoms with Gasteiger partial charge in [-0.15, -0.1) is 0 Å². The summed E-state index contributed by atoms with van der Waals surface area (Å²) >= 11 is 0. The highest BCUT2D eigenvalue weighted by Gasteiger charge is 2.35. The van der Waals surface area contributed by atoms with Crippen molar-refractivity contribution >= 4 is 35.3 Å². The molecule has 0 saturated carbocycles. The van der Waals surface area contributed by atoms with E-state index in [-0.39, 0.29) is 22.6 Å². The van der Waals surface area contributed by atoms with Gasteiger partial charge >= 0.3 is 6.03 Å². The maximum absolute atomic E-state index is 13.1. The number of hydrogen-bond donors (Lipinski definition) is 2. The normalized spacial score (nSPS) is 11.6. The van der Waals surface area contributed by atoms with Crippen LogP contribution in [-0.4, -0.2) is 46.7 Å². The molecule has 0 aliphatic carbocycles. The van der Waals surface area contributed by atoms with Crippen molar-refractivity contribution in [3.63, 3.8) is 0 Å². The molecule has 0 fully saturated rings. The number of amides is 2. The molecule has 11 heteroatoms. The van der Waals surface area contributed by atoms with Crippen LogP contribution in [0.1, 0.15) is 20.8 Å². The van der Waals surface area contributed by atoms with Crippen molar-refractivity contribution in [1.82, 2.24) is 14.7 Å². The lowest BCUT2D eigenvalue weighted by Gasteiger charge is -2.30. The summed E-state index contributed by atoms with van der Waals surface area (Å²) in [6, 6.07) is 10.1. The molecule has 30 heavy (non-hydrogen) atoms. The molecule has 9 nitrogen and oxygen atoms in total. The predicted molar refractivity (Wildman–Crippen MR) is 118 cm³/mol. The van der Waals surface area contributed by atoms with Gasteiger partial charge in [-0.3, -0.25) is 5.32 Å². The molecule has 0 aliphatic rings. The Balaban J connectivity index is 2.33. The van der Waals surface area contributed by atoms with Crippen molar-refractivity contribution < 1.29 is 22.7 Å². The van der Waals surface area contributed by atoms with Gasteiger partial charge in [0.1, 0.15) is 0 Å². The second-order valence-corrected chi connectivity index (χ2v) is 13.5. The molecule has 0 radical (unpaired) electrons. The molecule has 2 aromatic rings. The minimum absolute atomic E-state index is 0.140. The van der Waals surface area contributed by atoms with Gasteiger partial charge in [-0.2, -0.15) is 9.97 Å². The molecule has 1 aromatic heterocycles. The zero-order chi connectivity index (χ0) is 22.4. The van der Waals surface area contributed by atoms with Crippen LogP contribution >= 0.6 is 0 Å². The molecule has 0 bridgehead atoms. The van der Waals surface area contributed by atoms with E-state index in [1.54, 1.807) is 12.1 Å². The number of aromatic nitrogens is 2. The van der Waals surface area contributed by atoms with Gasteiger partial charge < -0.3 is 9.47 Å². The zero-order valence-corrected chi connectivity index (χ0v) is 19.7. The molecule has 0 aliphatic heterocycles. The molecule has 164 valence electrons. The van der Waals surface area contributed by atoms with Crippen LogP contribution in [0.3, 0.4) is 0 Å². The first-order valence-corrected chi connectivity index (χ1v) is 13.8. The Bertz CT molecular complexity index is 966. The number of anilines is 1. The lowest BCUT2D eigenvalue weighted by Crippen LogP contribution is -2.49. The molecule has 0 unspecified atom stereocenters. The van der Waals surface area contributed by atoms with Crippen molar-refractivity contribution in [2.45, 2.75) is 43.8 Å². The maximum Gasteiger partial charge on any atom is 0.335 e. The summed E-state index contributed by atoms with van der Waals surface area (Å²) in [5.41, 5.74) is 0. The summed E-state index contributed by atoms with van der Waals surface area (Å²) in [7, 11) is -3.30. The second kappa shape index (κ2) is 9.89. The Morgan fingerprint density at radius 1 is 1.00 bits per heavy atom. The molecule has 1 aromatic carbocycles. The van der Waals surface area contributed by atoms with Gasteiger partial charge in [0.2, 0.25) is 17.7 Å². The van der Waals surface area contributed by atoms with Gasteiger partial charge in [0, 0.05) is 0 Å². The average molecular weight is 453 g/mol. The van der Waals surface area contributed by atoms with Gasteiger partial charge in [-0.1, -0.05) is 57.1 Å². The second-order valence-electron chi connectivity index (χ2n) is 6.67. The summed E-state index contributed by atoms with van der Waals surface area (Å²) < 4.78 is 38.2. The number of ether oxygens (including phenoxy) is 2. The fraction of sp³-hybridized carbons (Fsp3) is 0.421. The molecular formula is C19H28N4O5SSi. The average Bonchev–Trinajstić information content (AvgIpc) is 2.74. The Hall–Kier alpha value is -2.66. The number of nitrogens with one attached hydrogen (secondary N) is 2. The number of carbonyl (C=O) groups is 1. The molecule has 2 amide bonds. The quantitative estimate of drug-likeness (QED) is 0.561. The fourth-order valence-corrected chi connectivity index (χ4v) is 9.20. The lowest BCUT2D eigenvalue weighted by molar-refractivity contribution is 0.256. The van der Waals surface area contributed by atoms with Crippen LogP contribution < -0.4 is 24.7 Å². The minimum Gasteiger partial charge on any atom is -0.481 e. The number of methoxy groups -OCH3 is 2. The van der Waals surface area contributed by atoms with E-state index in [1.165, 1.54) is 20.3 Å². The highest BCUT2D eigenvalue weighted by Crippen LogP contribution is 2.24. The van der Waals surface area contributed by atoms with Crippen molar-refractivity contribution in [2.75, 3.05) is 19.5 Å². The van der Waals surface area contributed by atoms with Crippen LogP contribution in [0.2, 0.25) is 18.1 Å². The molecule has 1 heterocycles. The van der Waals surface area contributed by atoms with Crippen LogP contribution in [0.25, 0.3) is 0 Å². The third-order valence-electron chi connectivity index (χ3n) is 5.33. The lowest BCUT2D eigenvalue weighted by atomic mass is 10.4. The van der Waals surface area contributed by atoms with E-state index in [1.807, 2.05) is 12.1 Å². The van der Waals surface area contributed by atoms with Gasteiger partial charge in [-0.05, 0) is 11.3 Å². The summed E-state index contributed by atoms with van der Waals surface area (Å²) in [5.74, 6) is 0.177. The van der Waals surface area contributed by atoms with Crippen LogP contribution in [0.4, 0.5) is 10.7 Å². The Labute approximate surface area is 178 Å². The summed E-state index contributed by atoms with van der Waals surface area (Å²) in [5, 5.41) is 3.15. The van der Waals surface area contributed by atoms with Crippen molar-refractivity contribution in [2.24, 2.45) is 0 Å². The number of carbonyl (C=O) groups excluding carboxylic acids is 1. The Morgan fingerprint density at radius 2 is 1.53 bits per heavy atom. The van der Waals surface area contributed by atoms with Crippen molar-refractivity contribution in [3.05, 3.63) is 30.3 Å². The third kappa shape index (κ3) is 5.08. The monoisotopic (exact) mass is 452 g/mol. The smallest absolute Gasteiger partial charge is 0.335 e. The molecule has 0 atom stereocenters. The highest BCUT2D eigenvalue weighted by atomic mass is 32.2. The maximum atomic E-state index is 13.1. The highest BCUT2D eigenvalue weighted by molar-refractivity contribution is 7.90. The van der Waals surface area contributed by atoms with E-state index >= 15 is 0 Å². The topological polar surface area (TPSA) is 120 Å². The molecule has 0 spiro atoms. The first-order valence-electron chi connectivity index (χ1n) is 9.65. The molecule has 2 rings (SSSR count). The van der Waals surface area contributed by atoms with Gasteiger partial charge in [0.15, 0.2) is 0 Å².